The van der Waals surface area contributed by atoms with Crippen molar-refractivity contribution >= 4 is 29.3 Å². The number of rotatable bonds is 4. The highest BCUT2D eigenvalue weighted by Crippen LogP contribution is 2.51. The molecule has 4 N–H and O–H groups in total. The maximum Gasteiger partial charge on any atom is 0.270 e. The first-order valence-corrected chi connectivity index (χ1v) is 13.7. The lowest BCUT2D eigenvalue weighted by Crippen LogP contribution is -2.46. The number of ether oxygens (including phenoxy) is 1. The molecule has 0 amide bonds. The fourth-order valence-corrected chi connectivity index (χ4v) is 7.02. The standard InChI is InChI=1S/C27H33N7O2S/c1-32-25(35)21(37-20-7-4-10-30-24(20)33-13-15-36-16-14-33)23(29)31-26(32)34-11-8-27(9-12-34)17-18-5-2-3-6-19(18)22(27)28/h2-7,10,22H,8-9,11-17,28-29H2,1H3/t22-/m1/s1. The molecule has 2 aliphatic heterocycles. The molecule has 1 atom stereocenters. The number of morpholine rings is 1. The molecule has 2 fully saturated rings. The number of nitrogens with two attached hydrogens (primary N) is 2. The molecular weight excluding hydrogens is 486 g/mol. The van der Waals surface area contributed by atoms with Crippen LogP contribution in [0.1, 0.15) is 30.0 Å². The highest BCUT2D eigenvalue weighted by molar-refractivity contribution is 7.99. The lowest BCUT2D eigenvalue weighted by molar-refractivity contribution is 0.122. The molecule has 0 bridgehead atoms. The summed E-state index contributed by atoms with van der Waals surface area (Å²) in [5.74, 6) is 1.71. The van der Waals surface area contributed by atoms with E-state index >= 15 is 0 Å². The van der Waals surface area contributed by atoms with Gasteiger partial charge < -0.3 is 26.0 Å². The van der Waals surface area contributed by atoms with Gasteiger partial charge in [-0.2, -0.15) is 4.98 Å². The van der Waals surface area contributed by atoms with E-state index in [1.54, 1.807) is 17.8 Å². The quantitative estimate of drug-likeness (QED) is 0.537. The summed E-state index contributed by atoms with van der Waals surface area (Å²) < 4.78 is 7.12. The van der Waals surface area contributed by atoms with Gasteiger partial charge in [-0.15, -0.1) is 0 Å². The first-order valence-electron chi connectivity index (χ1n) is 12.9. The van der Waals surface area contributed by atoms with Gasteiger partial charge in [-0.25, -0.2) is 4.98 Å². The molecule has 2 saturated heterocycles. The topological polar surface area (TPSA) is 116 Å². The second-order valence-electron chi connectivity index (χ2n) is 10.2. The number of nitrogens with zero attached hydrogens (tertiary/aromatic N) is 5. The maximum absolute atomic E-state index is 13.5. The minimum Gasteiger partial charge on any atom is -0.382 e. The molecular formula is C27H33N7O2S. The minimum absolute atomic E-state index is 0.0478. The lowest BCUT2D eigenvalue weighted by atomic mass is 9.73. The lowest BCUT2D eigenvalue weighted by Gasteiger charge is -2.42. The monoisotopic (exact) mass is 519 g/mol. The van der Waals surface area contributed by atoms with E-state index in [2.05, 4.69) is 39.0 Å². The summed E-state index contributed by atoms with van der Waals surface area (Å²) >= 11 is 1.34. The van der Waals surface area contributed by atoms with Crippen LogP contribution in [0, 0.1) is 5.41 Å². The van der Waals surface area contributed by atoms with Gasteiger partial charge in [-0.05, 0) is 47.9 Å². The summed E-state index contributed by atoms with van der Waals surface area (Å²) in [7, 11) is 1.78. The molecule has 10 heteroatoms. The third kappa shape index (κ3) is 4.26. The summed E-state index contributed by atoms with van der Waals surface area (Å²) in [5.41, 5.74) is 15.7. The Morgan fingerprint density at radius 2 is 1.81 bits per heavy atom. The van der Waals surface area contributed by atoms with Crippen molar-refractivity contribution in [3.05, 3.63) is 64.1 Å². The fraction of sp³-hybridized carbons (Fsp3) is 0.444. The molecule has 1 aromatic carbocycles. The van der Waals surface area contributed by atoms with Crippen molar-refractivity contribution in [1.82, 2.24) is 14.5 Å². The number of hydrogen-bond acceptors (Lipinski definition) is 9. The van der Waals surface area contributed by atoms with E-state index < -0.39 is 0 Å². The Morgan fingerprint density at radius 1 is 1.05 bits per heavy atom. The number of pyridine rings is 1. The Hall–Kier alpha value is -3.08. The minimum atomic E-state index is -0.144. The zero-order valence-corrected chi connectivity index (χ0v) is 21.9. The summed E-state index contributed by atoms with van der Waals surface area (Å²) in [5, 5.41) is 0. The molecule has 3 aliphatic rings. The summed E-state index contributed by atoms with van der Waals surface area (Å²) in [6.45, 7) is 4.43. The molecule has 1 spiro atoms. The molecule has 2 aromatic heterocycles. The average Bonchev–Trinajstić information content (AvgIpc) is 3.21. The Bertz CT molecular complexity index is 1360. The molecule has 9 nitrogen and oxygen atoms in total. The Morgan fingerprint density at radius 3 is 2.57 bits per heavy atom. The van der Waals surface area contributed by atoms with Crippen molar-refractivity contribution in [2.75, 3.05) is 54.9 Å². The van der Waals surface area contributed by atoms with Gasteiger partial charge in [0, 0.05) is 45.5 Å². The maximum atomic E-state index is 13.5. The predicted molar refractivity (Wildman–Crippen MR) is 146 cm³/mol. The first-order chi connectivity index (χ1) is 18.0. The van der Waals surface area contributed by atoms with Crippen molar-refractivity contribution in [3.63, 3.8) is 0 Å². The SMILES string of the molecule is Cn1c(N2CCC3(CC2)Cc2ccccc2[C@H]3N)nc(N)c(Sc2cccnc2N2CCOCC2)c1=O. The second-order valence-corrected chi connectivity index (χ2v) is 11.3. The zero-order chi connectivity index (χ0) is 25.6. The van der Waals surface area contributed by atoms with Crippen LogP contribution >= 0.6 is 11.8 Å². The second kappa shape index (κ2) is 9.66. The van der Waals surface area contributed by atoms with Crippen LogP contribution in [-0.2, 0) is 18.2 Å². The van der Waals surface area contributed by atoms with Crippen LogP contribution in [0.5, 0.6) is 0 Å². The number of benzene rings is 1. The van der Waals surface area contributed by atoms with Gasteiger partial charge in [0.2, 0.25) is 5.95 Å². The average molecular weight is 520 g/mol. The Kier molecular flexibility index (Phi) is 6.34. The van der Waals surface area contributed by atoms with Crippen LogP contribution in [0.15, 0.2) is 57.2 Å². The van der Waals surface area contributed by atoms with E-state index in [9.17, 15) is 4.79 Å². The van der Waals surface area contributed by atoms with E-state index in [0.29, 0.717) is 24.1 Å². The van der Waals surface area contributed by atoms with Crippen LogP contribution < -0.4 is 26.8 Å². The van der Waals surface area contributed by atoms with Gasteiger partial charge in [-0.3, -0.25) is 9.36 Å². The van der Waals surface area contributed by atoms with Crippen molar-refractivity contribution in [3.8, 4) is 0 Å². The molecule has 0 saturated carbocycles. The third-order valence-electron chi connectivity index (χ3n) is 8.16. The first kappa shape index (κ1) is 24.3. The van der Waals surface area contributed by atoms with Crippen LogP contribution in [0.4, 0.5) is 17.6 Å². The number of hydrogen-bond donors (Lipinski definition) is 2. The van der Waals surface area contributed by atoms with Gasteiger partial charge >= 0.3 is 0 Å². The van der Waals surface area contributed by atoms with Gasteiger partial charge in [0.25, 0.3) is 5.56 Å². The Labute approximate surface area is 220 Å². The van der Waals surface area contributed by atoms with Crippen molar-refractivity contribution in [2.24, 2.45) is 18.2 Å². The molecule has 3 aromatic rings. The van der Waals surface area contributed by atoms with Gasteiger partial charge in [0.1, 0.15) is 16.5 Å². The van der Waals surface area contributed by atoms with Gasteiger partial charge in [0.15, 0.2) is 0 Å². The number of piperidine rings is 1. The molecule has 0 radical (unpaired) electrons. The highest BCUT2D eigenvalue weighted by atomic mass is 32.2. The number of nitrogen functional groups attached to an aromatic ring is 1. The molecule has 0 unspecified atom stereocenters. The number of fused-ring (bicyclic) bond motifs is 1. The molecule has 6 rings (SSSR count). The van der Waals surface area contributed by atoms with Gasteiger partial charge in [0.05, 0.1) is 18.1 Å². The van der Waals surface area contributed by atoms with E-state index in [1.165, 1.54) is 22.9 Å². The number of aromatic nitrogens is 3. The summed E-state index contributed by atoms with van der Waals surface area (Å²) in [6.07, 6.45) is 4.69. The third-order valence-corrected chi connectivity index (χ3v) is 9.29. The molecule has 1 aliphatic carbocycles. The summed E-state index contributed by atoms with van der Waals surface area (Å²) in [4.78, 5) is 28.5. The highest BCUT2D eigenvalue weighted by Gasteiger charge is 2.46. The van der Waals surface area contributed by atoms with E-state index in [4.69, 9.17) is 21.2 Å². The van der Waals surface area contributed by atoms with Crippen LogP contribution in [0.3, 0.4) is 0 Å². The smallest absolute Gasteiger partial charge is 0.270 e. The van der Waals surface area contributed by atoms with E-state index in [-0.39, 0.29) is 22.8 Å². The van der Waals surface area contributed by atoms with Crippen molar-refractivity contribution in [1.29, 1.82) is 0 Å². The van der Waals surface area contributed by atoms with Gasteiger partial charge in [-0.1, -0.05) is 36.0 Å². The van der Waals surface area contributed by atoms with Crippen molar-refractivity contribution in [2.45, 2.75) is 35.1 Å². The van der Waals surface area contributed by atoms with E-state index in [0.717, 1.165) is 56.2 Å². The summed E-state index contributed by atoms with van der Waals surface area (Å²) in [6, 6.07) is 12.4. The molecule has 194 valence electrons. The zero-order valence-electron chi connectivity index (χ0n) is 21.1. The van der Waals surface area contributed by atoms with Crippen LogP contribution in [0.25, 0.3) is 0 Å². The Balaban J connectivity index is 1.22. The molecule has 4 heterocycles. The van der Waals surface area contributed by atoms with Crippen LogP contribution in [-0.4, -0.2) is 53.9 Å². The fourth-order valence-electron chi connectivity index (χ4n) is 6.01. The number of anilines is 3. The van der Waals surface area contributed by atoms with E-state index in [1.807, 2.05) is 12.1 Å². The largest absolute Gasteiger partial charge is 0.382 e. The van der Waals surface area contributed by atoms with Crippen LogP contribution in [0.2, 0.25) is 0 Å². The molecule has 37 heavy (non-hydrogen) atoms. The normalized spacial score (nSPS) is 20.9. The van der Waals surface area contributed by atoms with Crippen molar-refractivity contribution < 1.29 is 4.74 Å². The predicted octanol–water partition coefficient (Wildman–Crippen LogP) is 2.59.